The third-order valence-electron chi connectivity index (χ3n) is 9.50. The molecule has 6 rings (SSSR count). The molecule has 3 atom stereocenters. The lowest BCUT2D eigenvalue weighted by Gasteiger charge is -2.30. The van der Waals surface area contributed by atoms with Gasteiger partial charge in [0.2, 0.25) is 5.44 Å². The Hall–Kier alpha value is -4.96. The number of aromatic amines is 2. The summed E-state index contributed by atoms with van der Waals surface area (Å²) in [4.78, 5) is 46.2. The molecule has 2 aliphatic carbocycles. The summed E-state index contributed by atoms with van der Waals surface area (Å²) in [7, 11) is -8.35. The lowest BCUT2D eigenvalue weighted by molar-refractivity contribution is -0.140. The number of fused-ring (bicyclic) bond motifs is 2. The number of nitrogens with one attached hydrogen (secondary N) is 3. The number of benzene rings is 2. The molecule has 0 saturated heterocycles. The molecule has 0 aliphatic heterocycles. The average Bonchev–Trinajstić information content (AvgIpc) is 3.76. The molecule has 0 spiro atoms. The number of carbonyl (C=O) groups is 2. The van der Waals surface area contributed by atoms with E-state index in [4.69, 9.17) is 9.57 Å². The Labute approximate surface area is 303 Å². The van der Waals surface area contributed by atoms with Gasteiger partial charge in [0.05, 0.1) is 17.1 Å². The maximum absolute atomic E-state index is 13.3. The smallest absolute Gasteiger partial charge is 0.357 e. The fraction of sp³-hybridized carbons (Fsp3) is 0.389. The quantitative estimate of drug-likeness (QED) is 0.0986. The summed E-state index contributed by atoms with van der Waals surface area (Å²) in [5.41, 5.74) is 4.28. The van der Waals surface area contributed by atoms with Crippen molar-refractivity contribution in [2.45, 2.75) is 83.5 Å². The second-order valence-electron chi connectivity index (χ2n) is 13.0. The molecule has 52 heavy (non-hydrogen) atoms. The van der Waals surface area contributed by atoms with Crippen molar-refractivity contribution in [1.82, 2.24) is 19.9 Å². The van der Waals surface area contributed by atoms with Gasteiger partial charge in [0.25, 0.3) is 20.0 Å². The predicted molar refractivity (Wildman–Crippen MR) is 194 cm³/mol. The fourth-order valence-electron chi connectivity index (χ4n) is 6.95. The first kappa shape index (κ1) is 36.8. The molecule has 0 radical (unpaired) electrons. The summed E-state index contributed by atoms with van der Waals surface area (Å²) in [5.74, 6) is -1.13. The second kappa shape index (κ2) is 14.9. The lowest BCUT2D eigenvalue weighted by atomic mass is 9.80. The minimum atomic E-state index is -4.23. The molecule has 2 aromatic carbocycles. The first-order valence-corrected chi connectivity index (χ1v) is 20.3. The Morgan fingerprint density at radius 2 is 1.44 bits per heavy atom. The number of rotatable bonds is 12. The van der Waals surface area contributed by atoms with Gasteiger partial charge in [0, 0.05) is 47.8 Å². The number of hydrogen-bond donors (Lipinski definition) is 3. The van der Waals surface area contributed by atoms with Gasteiger partial charge in [-0.1, -0.05) is 28.7 Å². The molecule has 0 amide bonds. The van der Waals surface area contributed by atoms with Crippen molar-refractivity contribution >= 4 is 43.4 Å². The summed E-state index contributed by atoms with van der Waals surface area (Å²) < 4.78 is 61.4. The van der Waals surface area contributed by atoms with Crippen molar-refractivity contribution in [2.24, 2.45) is 0 Å². The fourth-order valence-corrected chi connectivity index (χ4v) is 8.73. The van der Waals surface area contributed by atoms with Gasteiger partial charge in [0.15, 0.2) is 0 Å². The third-order valence-corrected chi connectivity index (χ3v) is 12.5. The molecular formula is C36H42N6O8S2. The predicted octanol–water partition coefficient (Wildman–Crippen LogP) is 5.19. The minimum absolute atomic E-state index is 0.0355. The molecule has 3 unspecified atom stereocenters. The van der Waals surface area contributed by atoms with E-state index >= 15 is 0 Å². The second-order valence-corrected chi connectivity index (χ2v) is 17.0. The summed E-state index contributed by atoms with van der Waals surface area (Å²) in [6.07, 6.45) is 9.50. The number of aromatic nitrogens is 4. The molecule has 0 fully saturated rings. The number of anilines is 2. The highest BCUT2D eigenvalue weighted by molar-refractivity contribution is 7.93. The van der Waals surface area contributed by atoms with Gasteiger partial charge in [0.1, 0.15) is 11.6 Å². The lowest BCUT2D eigenvalue weighted by Crippen LogP contribution is -2.35. The van der Waals surface area contributed by atoms with Crippen LogP contribution >= 0.6 is 0 Å². The minimum Gasteiger partial charge on any atom is -0.441 e. The topological polar surface area (TPSA) is 194 Å². The van der Waals surface area contributed by atoms with Crippen LogP contribution in [0.1, 0.15) is 96.7 Å². The normalized spacial score (nSPS) is 17.9. The van der Waals surface area contributed by atoms with Gasteiger partial charge in [-0.2, -0.15) is 0 Å². The number of imidazole rings is 2. The van der Waals surface area contributed by atoms with Crippen LogP contribution < -0.4 is 9.19 Å². The first-order valence-electron chi connectivity index (χ1n) is 17.2. The molecule has 0 bridgehead atoms. The van der Waals surface area contributed by atoms with E-state index in [1.807, 2.05) is 26.0 Å². The van der Waals surface area contributed by atoms with Crippen molar-refractivity contribution in [3.63, 3.8) is 0 Å². The van der Waals surface area contributed by atoms with Crippen LogP contribution in [0.3, 0.4) is 0 Å². The molecule has 14 nitrogen and oxygen atoms in total. The van der Waals surface area contributed by atoms with Gasteiger partial charge in [-0.05, 0) is 101 Å². The molecule has 2 aliphatic rings. The average molecular weight is 751 g/mol. The summed E-state index contributed by atoms with van der Waals surface area (Å²) in [6.45, 7) is 6.35. The van der Waals surface area contributed by atoms with Crippen molar-refractivity contribution in [2.75, 3.05) is 14.9 Å². The highest BCUT2D eigenvalue weighted by atomic mass is 32.2. The summed E-state index contributed by atoms with van der Waals surface area (Å²) in [5, 5.41) is 0. The van der Waals surface area contributed by atoms with Gasteiger partial charge in [-0.25, -0.2) is 36.4 Å². The molecule has 3 N–H and O–H groups in total. The van der Waals surface area contributed by atoms with Crippen LogP contribution in [0.2, 0.25) is 0 Å². The molecule has 276 valence electrons. The number of nitrogens with zero attached hydrogens (tertiary/aromatic N) is 3. The highest BCUT2D eigenvalue weighted by Gasteiger charge is 2.33. The monoisotopic (exact) mass is 750 g/mol. The maximum atomic E-state index is 13.3. The van der Waals surface area contributed by atoms with Crippen LogP contribution in [0.5, 0.6) is 0 Å². The number of aryl methyl sites for hydroxylation is 2. The van der Waals surface area contributed by atoms with E-state index < -0.39 is 37.4 Å². The number of hydrogen-bond acceptors (Lipinski definition) is 10. The van der Waals surface area contributed by atoms with Crippen LogP contribution in [0.15, 0.2) is 60.9 Å². The van der Waals surface area contributed by atoms with Crippen molar-refractivity contribution < 1.29 is 36.0 Å². The van der Waals surface area contributed by atoms with E-state index in [9.17, 15) is 26.4 Å². The van der Waals surface area contributed by atoms with Crippen LogP contribution in [0.25, 0.3) is 0 Å². The highest BCUT2D eigenvalue weighted by Crippen LogP contribution is 2.41. The molecule has 16 heteroatoms. The maximum Gasteiger partial charge on any atom is 0.357 e. The van der Waals surface area contributed by atoms with E-state index in [0.717, 1.165) is 71.0 Å². The van der Waals surface area contributed by atoms with E-state index in [2.05, 4.69) is 24.7 Å². The Kier molecular flexibility index (Phi) is 10.6. The Balaban J connectivity index is 1.14. The number of sulfonamides is 2. The van der Waals surface area contributed by atoms with E-state index in [-0.39, 0.29) is 23.3 Å². The number of esters is 1. The van der Waals surface area contributed by atoms with Crippen LogP contribution in [-0.4, -0.2) is 59.9 Å². The molecule has 2 aromatic heterocycles. The Bertz CT molecular complexity index is 2230. The van der Waals surface area contributed by atoms with Crippen molar-refractivity contribution in [1.29, 1.82) is 0 Å². The first-order chi connectivity index (χ1) is 24.8. The van der Waals surface area contributed by atoms with Gasteiger partial charge < -0.3 is 19.5 Å². The molecular weight excluding hydrogens is 709 g/mol. The molecule has 0 saturated carbocycles. The van der Waals surface area contributed by atoms with E-state index in [1.165, 1.54) is 13.8 Å². The SMILES string of the molecule is CCS(=O)(=O)N(OC(=O)/C=C\C(=O)OC(C)S(=O)(=O)Nc1cccc2c1CCCC2c1cnc(C)[nH]1)c1cccc2c1CCCC2c1cnc(C)[nH]1. The zero-order chi connectivity index (χ0) is 37.2. The van der Waals surface area contributed by atoms with Crippen molar-refractivity contribution in [3.05, 3.63) is 106 Å². The van der Waals surface area contributed by atoms with Crippen LogP contribution in [0.4, 0.5) is 11.4 Å². The van der Waals surface area contributed by atoms with E-state index in [1.54, 1.807) is 36.7 Å². The number of carbonyl (C=O) groups excluding carboxylic acids is 2. The Morgan fingerprint density at radius 3 is 2.02 bits per heavy atom. The summed E-state index contributed by atoms with van der Waals surface area (Å²) in [6, 6.07) is 10.6. The molecule has 4 aromatic rings. The van der Waals surface area contributed by atoms with Gasteiger partial charge in [-0.3, -0.25) is 4.72 Å². The van der Waals surface area contributed by atoms with Crippen molar-refractivity contribution in [3.8, 4) is 0 Å². The van der Waals surface area contributed by atoms with Crippen LogP contribution in [0, 0.1) is 13.8 Å². The standard InChI is InChI=1S/C36H42N6O8S2/c1-5-51(45,46)42(34-17-9-11-26-29(14-7-15-30(26)34)33-21-38-23(3)40-33)50-36(44)19-18-35(43)49-24(4)52(47,48)41-31-16-8-10-25-27(31)12-6-13-28(25)32-20-37-22(2)39-32/h8-11,16-21,24,28-29,41H,5-7,12-15H2,1-4H3,(H,37,39)(H,38,40)/b19-18-. The third kappa shape index (κ3) is 7.77. The van der Waals surface area contributed by atoms with Crippen LogP contribution in [-0.2, 0) is 52.1 Å². The van der Waals surface area contributed by atoms with E-state index in [0.29, 0.717) is 35.1 Å². The summed E-state index contributed by atoms with van der Waals surface area (Å²) >= 11 is 0. The Morgan fingerprint density at radius 1 is 0.885 bits per heavy atom. The largest absolute Gasteiger partial charge is 0.441 e. The number of H-pyrrole nitrogens is 2. The molecule has 2 heterocycles. The zero-order valence-corrected chi connectivity index (χ0v) is 31.0. The zero-order valence-electron chi connectivity index (χ0n) is 29.4. The van der Waals surface area contributed by atoms with Gasteiger partial charge >= 0.3 is 11.9 Å². The number of ether oxygens (including phenoxy) is 1. The van der Waals surface area contributed by atoms with Gasteiger partial charge in [-0.15, -0.1) is 0 Å².